The number of carbonyl (C=O) groups excluding carboxylic acids is 2. The minimum atomic E-state index is -0.240. The molecule has 0 aliphatic carbocycles. The number of benzene rings is 1. The van der Waals surface area contributed by atoms with Gasteiger partial charge in [-0.15, -0.1) is 0 Å². The molecule has 1 atom stereocenters. The number of carbonyl (C=O) groups is 2. The Bertz CT molecular complexity index is 784. The lowest BCUT2D eigenvalue weighted by atomic mass is 10.0. The molecule has 1 aliphatic rings. The topological polar surface area (TPSA) is 54.8 Å². The lowest BCUT2D eigenvalue weighted by molar-refractivity contribution is -0.131. The molecule has 6 nitrogen and oxygen atoms in total. The summed E-state index contributed by atoms with van der Waals surface area (Å²) in [4.78, 5) is 28.6. The SMILES string of the molecule is COc1ccccc1[C@@H]1CN(C(C)=O)CCN1C(=O)c1cccn1C. The Morgan fingerprint density at radius 1 is 1.12 bits per heavy atom. The Kier molecular flexibility index (Phi) is 4.79. The summed E-state index contributed by atoms with van der Waals surface area (Å²) < 4.78 is 7.31. The molecule has 0 N–H and O–H groups in total. The number of aromatic nitrogens is 1. The Labute approximate surface area is 147 Å². The molecule has 0 unspecified atom stereocenters. The van der Waals surface area contributed by atoms with Gasteiger partial charge in [0.1, 0.15) is 11.4 Å². The summed E-state index contributed by atoms with van der Waals surface area (Å²) in [6, 6.07) is 11.1. The highest BCUT2D eigenvalue weighted by molar-refractivity contribution is 5.93. The second-order valence-corrected chi connectivity index (χ2v) is 6.23. The van der Waals surface area contributed by atoms with E-state index in [1.54, 1.807) is 18.9 Å². The highest BCUT2D eigenvalue weighted by atomic mass is 16.5. The minimum absolute atomic E-state index is 0.0193. The number of amides is 2. The van der Waals surface area contributed by atoms with E-state index in [1.807, 2.05) is 59.1 Å². The third-order valence-corrected chi connectivity index (χ3v) is 4.75. The lowest BCUT2D eigenvalue weighted by Crippen LogP contribution is -2.52. The first-order valence-corrected chi connectivity index (χ1v) is 8.33. The predicted molar refractivity (Wildman–Crippen MR) is 94.4 cm³/mol. The van der Waals surface area contributed by atoms with Gasteiger partial charge < -0.3 is 19.1 Å². The molecule has 0 radical (unpaired) electrons. The highest BCUT2D eigenvalue weighted by Gasteiger charge is 2.35. The van der Waals surface area contributed by atoms with Crippen molar-refractivity contribution in [1.82, 2.24) is 14.4 Å². The van der Waals surface area contributed by atoms with Crippen molar-refractivity contribution in [3.63, 3.8) is 0 Å². The van der Waals surface area contributed by atoms with Crippen molar-refractivity contribution in [2.75, 3.05) is 26.7 Å². The van der Waals surface area contributed by atoms with Gasteiger partial charge in [-0.25, -0.2) is 0 Å². The van der Waals surface area contributed by atoms with E-state index in [-0.39, 0.29) is 17.9 Å². The second kappa shape index (κ2) is 7.01. The zero-order chi connectivity index (χ0) is 18.0. The molecule has 0 bridgehead atoms. The molecule has 1 saturated heterocycles. The van der Waals surface area contributed by atoms with Gasteiger partial charge in [-0.2, -0.15) is 0 Å². The van der Waals surface area contributed by atoms with Crippen LogP contribution in [-0.4, -0.2) is 52.9 Å². The molecule has 3 rings (SSSR count). The zero-order valence-electron chi connectivity index (χ0n) is 14.8. The van der Waals surface area contributed by atoms with Gasteiger partial charge >= 0.3 is 0 Å². The summed E-state index contributed by atoms with van der Waals surface area (Å²) in [5, 5.41) is 0. The maximum absolute atomic E-state index is 13.1. The monoisotopic (exact) mass is 341 g/mol. The fourth-order valence-electron chi connectivity index (χ4n) is 3.35. The van der Waals surface area contributed by atoms with E-state index in [9.17, 15) is 9.59 Å². The number of hydrogen-bond acceptors (Lipinski definition) is 3. The number of aryl methyl sites for hydroxylation is 1. The highest BCUT2D eigenvalue weighted by Crippen LogP contribution is 2.33. The molecule has 0 spiro atoms. The fourth-order valence-corrected chi connectivity index (χ4v) is 3.35. The van der Waals surface area contributed by atoms with Gasteiger partial charge in [-0.3, -0.25) is 9.59 Å². The number of ether oxygens (including phenoxy) is 1. The summed E-state index contributed by atoms with van der Waals surface area (Å²) in [5.74, 6) is 0.708. The third kappa shape index (κ3) is 3.24. The number of methoxy groups -OCH3 is 1. The molecule has 1 aromatic heterocycles. The van der Waals surface area contributed by atoms with E-state index >= 15 is 0 Å². The molecule has 1 aromatic carbocycles. The number of rotatable bonds is 3. The molecular formula is C19H23N3O3. The molecule has 132 valence electrons. The molecular weight excluding hydrogens is 318 g/mol. The standard InChI is InChI=1S/C19H23N3O3/c1-14(23)21-11-12-22(19(24)16-8-6-10-20(16)2)17(13-21)15-7-4-5-9-18(15)25-3/h4-10,17H,11-13H2,1-3H3/t17-/m0/s1. The molecule has 6 heteroatoms. The van der Waals surface area contributed by atoms with Crippen LogP contribution >= 0.6 is 0 Å². The first-order chi connectivity index (χ1) is 12.0. The molecule has 2 aromatic rings. The van der Waals surface area contributed by atoms with Crippen molar-refractivity contribution in [3.8, 4) is 5.75 Å². The Morgan fingerprint density at radius 3 is 2.52 bits per heavy atom. The van der Waals surface area contributed by atoms with Gasteiger partial charge in [0.2, 0.25) is 5.91 Å². The molecule has 2 amide bonds. The average molecular weight is 341 g/mol. The van der Waals surface area contributed by atoms with Crippen molar-refractivity contribution in [2.24, 2.45) is 7.05 Å². The van der Waals surface area contributed by atoms with Crippen molar-refractivity contribution in [2.45, 2.75) is 13.0 Å². The van der Waals surface area contributed by atoms with E-state index in [1.165, 1.54) is 0 Å². The minimum Gasteiger partial charge on any atom is -0.496 e. The van der Waals surface area contributed by atoms with E-state index in [0.717, 1.165) is 11.3 Å². The van der Waals surface area contributed by atoms with Crippen LogP contribution in [-0.2, 0) is 11.8 Å². The van der Waals surface area contributed by atoms with Crippen LogP contribution in [0.2, 0.25) is 0 Å². The maximum Gasteiger partial charge on any atom is 0.271 e. The van der Waals surface area contributed by atoms with E-state index in [2.05, 4.69) is 0 Å². The summed E-state index contributed by atoms with van der Waals surface area (Å²) in [6.07, 6.45) is 1.86. The van der Waals surface area contributed by atoms with E-state index in [4.69, 9.17) is 4.74 Å². The van der Waals surface area contributed by atoms with E-state index in [0.29, 0.717) is 25.3 Å². The van der Waals surface area contributed by atoms with Crippen LogP contribution in [0.3, 0.4) is 0 Å². The van der Waals surface area contributed by atoms with Crippen LogP contribution in [0.25, 0.3) is 0 Å². The van der Waals surface area contributed by atoms with Gasteiger partial charge in [-0.1, -0.05) is 18.2 Å². The van der Waals surface area contributed by atoms with Crippen LogP contribution in [0.1, 0.15) is 29.0 Å². The maximum atomic E-state index is 13.1. The number of hydrogen-bond donors (Lipinski definition) is 0. The van der Waals surface area contributed by atoms with Gasteiger partial charge in [0.25, 0.3) is 5.91 Å². The van der Waals surface area contributed by atoms with Crippen LogP contribution in [0.5, 0.6) is 5.75 Å². The Hall–Kier alpha value is -2.76. The summed E-state index contributed by atoms with van der Waals surface area (Å²) in [6.45, 7) is 3.06. The Morgan fingerprint density at radius 2 is 1.88 bits per heavy atom. The number of nitrogens with zero attached hydrogens (tertiary/aromatic N) is 3. The largest absolute Gasteiger partial charge is 0.496 e. The Balaban J connectivity index is 1.99. The van der Waals surface area contributed by atoms with Crippen molar-refractivity contribution < 1.29 is 14.3 Å². The third-order valence-electron chi connectivity index (χ3n) is 4.75. The molecule has 0 saturated carbocycles. The molecule has 25 heavy (non-hydrogen) atoms. The van der Waals surface area contributed by atoms with Gasteiger partial charge in [-0.05, 0) is 18.2 Å². The smallest absolute Gasteiger partial charge is 0.271 e. The summed E-state index contributed by atoms with van der Waals surface area (Å²) in [7, 11) is 3.48. The average Bonchev–Trinajstić information content (AvgIpc) is 3.06. The van der Waals surface area contributed by atoms with Crippen LogP contribution in [0.4, 0.5) is 0 Å². The summed E-state index contributed by atoms with van der Waals surface area (Å²) >= 11 is 0. The summed E-state index contributed by atoms with van der Waals surface area (Å²) in [5.41, 5.74) is 1.55. The van der Waals surface area contributed by atoms with Gasteiger partial charge in [0.15, 0.2) is 0 Å². The number of para-hydroxylation sites is 1. The van der Waals surface area contributed by atoms with Crippen molar-refractivity contribution in [3.05, 3.63) is 53.9 Å². The first kappa shape index (κ1) is 17.1. The first-order valence-electron chi connectivity index (χ1n) is 8.33. The van der Waals surface area contributed by atoms with Crippen LogP contribution < -0.4 is 4.74 Å². The lowest BCUT2D eigenvalue weighted by Gasteiger charge is -2.41. The molecule has 2 heterocycles. The van der Waals surface area contributed by atoms with Crippen molar-refractivity contribution in [1.29, 1.82) is 0 Å². The second-order valence-electron chi connectivity index (χ2n) is 6.23. The van der Waals surface area contributed by atoms with E-state index < -0.39 is 0 Å². The zero-order valence-corrected chi connectivity index (χ0v) is 14.8. The predicted octanol–water partition coefficient (Wildman–Crippen LogP) is 2.08. The quantitative estimate of drug-likeness (QED) is 0.859. The molecule has 1 fully saturated rings. The van der Waals surface area contributed by atoms with Crippen LogP contribution in [0, 0.1) is 0 Å². The number of piperazine rings is 1. The van der Waals surface area contributed by atoms with Crippen LogP contribution in [0.15, 0.2) is 42.6 Å². The van der Waals surface area contributed by atoms with Crippen molar-refractivity contribution >= 4 is 11.8 Å². The fraction of sp³-hybridized carbons (Fsp3) is 0.368. The van der Waals surface area contributed by atoms with Gasteiger partial charge in [0.05, 0.1) is 13.2 Å². The molecule has 1 aliphatic heterocycles. The van der Waals surface area contributed by atoms with Gasteiger partial charge in [0, 0.05) is 45.4 Å². The normalized spacial score (nSPS) is 17.5.